The fourth-order valence-electron chi connectivity index (χ4n) is 3.66. The molecule has 0 radical (unpaired) electrons. The number of aromatic nitrogens is 2. The molecule has 1 aliphatic carbocycles. The lowest BCUT2D eigenvalue weighted by molar-refractivity contribution is 0.0698. The maximum atomic E-state index is 12.0. The summed E-state index contributed by atoms with van der Waals surface area (Å²) in [5, 5.41) is 13.9. The van der Waals surface area contributed by atoms with Crippen molar-refractivity contribution in [1.82, 2.24) is 10.1 Å². The zero-order valence-electron chi connectivity index (χ0n) is 17.1. The summed E-state index contributed by atoms with van der Waals surface area (Å²) in [6.45, 7) is 4.01. The number of methoxy groups -OCH3 is 1. The highest BCUT2D eigenvalue weighted by molar-refractivity contribution is 5.97. The van der Waals surface area contributed by atoms with Crippen LogP contribution in [0.25, 0.3) is 28.2 Å². The van der Waals surface area contributed by atoms with Crippen LogP contribution in [0.4, 0.5) is 0 Å². The maximum absolute atomic E-state index is 12.0. The number of aromatic carboxylic acids is 1. The molecule has 2 aromatic carbocycles. The Hall–Kier alpha value is -3.67. The number of carboxylic acid groups (broad SMARTS) is 1. The summed E-state index contributed by atoms with van der Waals surface area (Å²) in [6, 6.07) is 12.9. The number of hydrogen-bond donors (Lipinski definition) is 1. The van der Waals surface area contributed by atoms with Crippen LogP contribution in [0.5, 0.6) is 0 Å². The second kappa shape index (κ2) is 7.99. The highest BCUT2D eigenvalue weighted by atomic mass is 16.5. The molecule has 0 aliphatic heterocycles. The predicted molar refractivity (Wildman–Crippen MR) is 114 cm³/mol. The van der Waals surface area contributed by atoms with Gasteiger partial charge in [0.25, 0.3) is 5.89 Å². The molecule has 1 N–H and O–H groups in total. The number of carbonyl (C=O) groups is 1. The van der Waals surface area contributed by atoms with Gasteiger partial charge in [0, 0.05) is 12.0 Å². The first kappa shape index (κ1) is 19.6. The average molecular weight is 402 g/mol. The normalized spacial score (nSPS) is 13.9. The molecule has 4 rings (SSSR count). The molecule has 0 spiro atoms. The fourth-order valence-corrected chi connectivity index (χ4v) is 3.66. The number of carboxylic acids is 1. The molecule has 3 aromatic rings. The van der Waals surface area contributed by atoms with Gasteiger partial charge < -0.3 is 14.4 Å². The van der Waals surface area contributed by atoms with E-state index in [9.17, 15) is 9.90 Å². The molecule has 6 nitrogen and oxygen atoms in total. The van der Waals surface area contributed by atoms with Crippen molar-refractivity contribution in [2.45, 2.75) is 26.7 Å². The second-order valence-corrected chi connectivity index (χ2v) is 7.34. The van der Waals surface area contributed by atoms with Crippen LogP contribution in [-0.2, 0) is 4.74 Å². The molecule has 152 valence electrons. The largest absolute Gasteiger partial charge is 0.500 e. The van der Waals surface area contributed by atoms with Crippen LogP contribution >= 0.6 is 0 Å². The highest BCUT2D eigenvalue weighted by Gasteiger charge is 2.21. The van der Waals surface area contributed by atoms with Gasteiger partial charge in [-0.2, -0.15) is 4.98 Å². The fraction of sp³-hybridized carbons (Fsp3) is 0.208. The van der Waals surface area contributed by atoms with Crippen molar-refractivity contribution in [3.63, 3.8) is 0 Å². The van der Waals surface area contributed by atoms with Crippen LogP contribution in [0.15, 0.2) is 64.4 Å². The summed E-state index contributed by atoms with van der Waals surface area (Å²) < 4.78 is 10.9. The number of rotatable bonds is 5. The Balaban J connectivity index is 1.76. The van der Waals surface area contributed by atoms with Crippen molar-refractivity contribution in [2.24, 2.45) is 0 Å². The standard InChI is InChI=1S/C24H22N2O4/c1-14-8-11-21(29-3)20(12-14)22-25-23(30-26-22)16-9-10-18(19(13-16)24(27)28)17-7-5-4-6-15(17)2/h4-7,9-10,12-13H,8,11H2,1-3H3,(H,27,28). The number of aryl methyl sites for hydroxylation is 1. The number of hydrogen-bond acceptors (Lipinski definition) is 5. The van der Waals surface area contributed by atoms with E-state index in [0.717, 1.165) is 35.3 Å². The van der Waals surface area contributed by atoms with E-state index in [4.69, 9.17) is 9.26 Å². The minimum atomic E-state index is -1.01. The van der Waals surface area contributed by atoms with Gasteiger partial charge in [-0.3, -0.25) is 0 Å². The van der Waals surface area contributed by atoms with Crippen molar-refractivity contribution >= 4 is 11.5 Å². The van der Waals surface area contributed by atoms with Gasteiger partial charge >= 0.3 is 5.97 Å². The van der Waals surface area contributed by atoms with Gasteiger partial charge in [-0.05, 0) is 55.2 Å². The van der Waals surface area contributed by atoms with Crippen molar-refractivity contribution in [2.75, 3.05) is 7.11 Å². The van der Waals surface area contributed by atoms with E-state index < -0.39 is 5.97 Å². The Morgan fingerprint density at radius 2 is 1.90 bits per heavy atom. The molecule has 30 heavy (non-hydrogen) atoms. The number of nitrogens with zero attached hydrogens (tertiary/aromatic N) is 2. The Morgan fingerprint density at radius 3 is 2.63 bits per heavy atom. The SMILES string of the molecule is COC1=C(c2noc(-c3ccc(-c4ccccc4C)c(C(=O)O)c3)n2)C=C(C)CC1. The summed E-state index contributed by atoms with van der Waals surface area (Å²) in [5.74, 6) is 0.503. The highest BCUT2D eigenvalue weighted by Crippen LogP contribution is 2.33. The first-order valence-electron chi connectivity index (χ1n) is 9.70. The topological polar surface area (TPSA) is 85.5 Å². The monoisotopic (exact) mass is 402 g/mol. The summed E-state index contributed by atoms with van der Waals surface area (Å²) in [5.41, 5.74) is 5.29. The molecule has 1 aliphatic rings. The van der Waals surface area contributed by atoms with E-state index in [0.29, 0.717) is 17.0 Å². The second-order valence-electron chi connectivity index (χ2n) is 7.34. The molecule has 0 saturated heterocycles. The van der Waals surface area contributed by atoms with Gasteiger partial charge in [0.2, 0.25) is 5.82 Å². The van der Waals surface area contributed by atoms with E-state index in [-0.39, 0.29) is 11.5 Å². The third kappa shape index (κ3) is 3.64. The predicted octanol–water partition coefficient (Wildman–Crippen LogP) is 5.51. The van der Waals surface area contributed by atoms with Crippen molar-refractivity contribution in [1.29, 1.82) is 0 Å². The van der Waals surface area contributed by atoms with Crippen LogP contribution in [0.1, 0.15) is 41.5 Å². The number of ether oxygens (including phenoxy) is 1. The zero-order chi connectivity index (χ0) is 21.3. The Bertz CT molecular complexity index is 1190. The molecular formula is C24H22N2O4. The molecule has 0 bridgehead atoms. The van der Waals surface area contributed by atoms with E-state index >= 15 is 0 Å². The first-order valence-corrected chi connectivity index (χ1v) is 9.70. The molecule has 0 atom stereocenters. The molecule has 0 saturated carbocycles. The summed E-state index contributed by atoms with van der Waals surface area (Å²) in [4.78, 5) is 16.5. The Morgan fingerprint density at radius 1 is 1.10 bits per heavy atom. The minimum absolute atomic E-state index is 0.187. The lowest BCUT2D eigenvalue weighted by Crippen LogP contribution is -2.02. The maximum Gasteiger partial charge on any atom is 0.336 e. The van der Waals surface area contributed by atoms with E-state index in [1.165, 1.54) is 5.57 Å². The molecule has 1 heterocycles. The van der Waals surface area contributed by atoms with Crippen LogP contribution in [0.2, 0.25) is 0 Å². The molecule has 1 aromatic heterocycles. The van der Waals surface area contributed by atoms with Crippen LogP contribution < -0.4 is 0 Å². The lowest BCUT2D eigenvalue weighted by atomic mass is 9.94. The average Bonchev–Trinajstić information content (AvgIpc) is 3.24. The quantitative estimate of drug-likeness (QED) is 0.606. The smallest absolute Gasteiger partial charge is 0.336 e. The van der Waals surface area contributed by atoms with Gasteiger partial charge in [0.15, 0.2) is 0 Å². The van der Waals surface area contributed by atoms with Gasteiger partial charge in [0.05, 0.1) is 18.2 Å². The van der Waals surface area contributed by atoms with E-state index in [1.54, 1.807) is 25.3 Å². The van der Waals surface area contributed by atoms with E-state index in [2.05, 4.69) is 17.1 Å². The molecule has 0 unspecified atom stereocenters. The van der Waals surface area contributed by atoms with Crippen molar-refractivity contribution in [3.05, 3.63) is 76.8 Å². The Labute approximate surface area is 174 Å². The first-order chi connectivity index (χ1) is 14.5. The minimum Gasteiger partial charge on any atom is -0.500 e. The third-order valence-corrected chi connectivity index (χ3v) is 5.28. The van der Waals surface area contributed by atoms with Gasteiger partial charge in [0.1, 0.15) is 5.76 Å². The van der Waals surface area contributed by atoms with Crippen LogP contribution in [-0.4, -0.2) is 28.3 Å². The Kier molecular flexibility index (Phi) is 5.23. The third-order valence-electron chi connectivity index (χ3n) is 5.28. The van der Waals surface area contributed by atoms with Crippen molar-refractivity contribution < 1.29 is 19.2 Å². The number of allylic oxidation sites excluding steroid dienone is 4. The zero-order valence-corrected chi connectivity index (χ0v) is 17.1. The summed E-state index contributed by atoms with van der Waals surface area (Å²) >= 11 is 0. The molecule has 6 heteroatoms. The number of benzene rings is 2. The van der Waals surface area contributed by atoms with Crippen molar-refractivity contribution in [3.8, 4) is 22.6 Å². The molecule has 0 amide bonds. The molecular weight excluding hydrogens is 380 g/mol. The van der Waals surface area contributed by atoms with Crippen LogP contribution in [0.3, 0.4) is 0 Å². The summed E-state index contributed by atoms with van der Waals surface area (Å²) in [7, 11) is 1.63. The van der Waals surface area contributed by atoms with Gasteiger partial charge in [-0.15, -0.1) is 0 Å². The van der Waals surface area contributed by atoms with Crippen LogP contribution in [0, 0.1) is 6.92 Å². The van der Waals surface area contributed by atoms with E-state index in [1.807, 2.05) is 37.3 Å². The van der Waals surface area contributed by atoms with Gasteiger partial charge in [-0.1, -0.05) is 41.1 Å². The lowest BCUT2D eigenvalue weighted by Gasteiger charge is -2.15. The summed E-state index contributed by atoms with van der Waals surface area (Å²) in [6.07, 6.45) is 3.72. The molecule has 0 fully saturated rings. The van der Waals surface area contributed by atoms with Gasteiger partial charge in [-0.25, -0.2) is 4.79 Å².